The molecule has 1 atom stereocenters. The van der Waals surface area contributed by atoms with E-state index in [9.17, 15) is 0 Å². The largest absolute Gasteiger partial charge is 0.310 e. The van der Waals surface area contributed by atoms with Crippen molar-refractivity contribution in [2.24, 2.45) is 0 Å². The zero-order valence-electron chi connectivity index (χ0n) is 10.2. The van der Waals surface area contributed by atoms with Crippen LogP contribution in [-0.2, 0) is 6.42 Å². The van der Waals surface area contributed by atoms with Crippen molar-refractivity contribution in [3.8, 4) is 0 Å². The molecule has 0 aliphatic carbocycles. The Hall–Kier alpha value is -0.960. The van der Waals surface area contributed by atoms with E-state index in [0.717, 1.165) is 30.9 Å². The normalized spacial score (nSPS) is 12.8. The van der Waals surface area contributed by atoms with Crippen molar-refractivity contribution in [1.82, 2.24) is 15.3 Å². The van der Waals surface area contributed by atoms with E-state index in [1.165, 1.54) is 5.56 Å². The second kappa shape index (κ2) is 5.81. The van der Waals surface area contributed by atoms with Crippen molar-refractivity contribution in [2.45, 2.75) is 46.6 Å². The summed E-state index contributed by atoms with van der Waals surface area (Å²) in [4.78, 5) is 8.90. The molecule has 0 radical (unpaired) electrons. The Morgan fingerprint density at radius 3 is 2.67 bits per heavy atom. The van der Waals surface area contributed by atoms with Crippen molar-refractivity contribution < 1.29 is 0 Å². The Kier molecular flexibility index (Phi) is 4.69. The van der Waals surface area contributed by atoms with E-state index in [4.69, 9.17) is 0 Å². The Morgan fingerprint density at radius 2 is 2.13 bits per heavy atom. The van der Waals surface area contributed by atoms with Crippen LogP contribution in [-0.4, -0.2) is 16.5 Å². The fourth-order valence-corrected chi connectivity index (χ4v) is 1.71. The third-order valence-electron chi connectivity index (χ3n) is 2.52. The summed E-state index contributed by atoms with van der Waals surface area (Å²) in [5.41, 5.74) is 2.30. The molecule has 84 valence electrons. The van der Waals surface area contributed by atoms with Crippen molar-refractivity contribution in [3.63, 3.8) is 0 Å². The van der Waals surface area contributed by atoms with Crippen LogP contribution in [0, 0.1) is 6.92 Å². The van der Waals surface area contributed by atoms with Gasteiger partial charge in [-0.1, -0.05) is 13.8 Å². The first-order valence-electron chi connectivity index (χ1n) is 5.74. The van der Waals surface area contributed by atoms with E-state index in [-0.39, 0.29) is 0 Å². The maximum atomic E-state index is 4.52. The summed E-state index contributed by atoms with van der Waals surface area (Å²) in [6.45, 7) is 9.43. The summed E-state index contributed by atoms with van der Waals surface area (Å²) in [6, 6.07) is 0.339. The van der Waals surface area contributed by atoms with Crippen LogP contribution in [0.25, 0.3) is 0 Å². The van der Waals surface area contributed by atoms with Crippen molar-refractivity contribution >= 4 is 0 Å². The number of aromatic nitrogens is 2. The lowest BCUT2D eigenvalue weighted by Crippen LogP contribution is -2.19. The lowest BCUT2D eigenvalue weighted by Gasteiger charge is -2.14. The van der Waals surface area contributed by atoms with Crippen LogP contribution in [0.5, 0.6) is 0 Å². The molecule has 3 nitrogen and oxygen atoms in total. The predicted molar refractivity (Wildman–Crippen MR) is 62.9 cm³/mol. The molecule has 0 bridgehead atoms. The zero-order chi connectivity index (χ0) is 11.3. The molecule has 1 N–H and O–H groups in total. The molecule has 1 rings (SSSR count). The molecular weight excluding hydrogens is 186 g/mol. The highest BCUT2D eigenvalue weighted by molar-refractivity contribution is 5.19. The molecule has 0 spiro atoms. The number of rotatable bonds is 5. The van der Waals surface area contributed by atoms with Gasteiger partial charge in [-0.3, -0.25) is 0 Å². The zero-order valence-corrected chi connectivity index (χ0v) is 10.2. The summed E-state index contributed by atoms with van der Waals surface area (Å²) < 4.78 is 0. The number of aryl methyl sites for hydroxylation is 2. The van der Waals surface area contributed by atoms with E-state index in [1.807, 2.05) is 6.20 Å². The molecule has 0 fully saturated rings. The molecule has 0 saturated heterocycles. The van der Waals surface area contributed by atoms with E-state index in [2.05, 4.69) is 43.0 Å². The van der Waals surface area contributed by atoms with Gasteiger partial charge in [0.25, 0.3) is 0 Å². The average molecular weight is 207 g/mol. The number of nitrogens with zero attached hydrogens (tertiary/aromatic N) is 2. The van der Waals surface area contributed by atoms with Gasteiger partial charge in [-0.2, -0.15) is 0 Å². The quantitative estimate of drug-likeness (QED) is 0.805. The van der Waals surface area contributed by atoms with Crippen LogP contribution in [0.1, 0.15) is 50.3 Å². The number of hydrogen-bond acceptors (Lipinski definition) is 3. The van der Waals surface area contributed by atoms with Gasteiger partial charge < -0.3 is 5.32 Å². The molecular formula is C12H21N3. The molecule has 1 heterocycles. The Balaban J connectivity index is 2.82. The highest BCUT2D eigenvalue weighted by Crippen LogP contribution is 2.14. The summed E-state index contributed by atoms with van der Waals surface area (Å²) in [6.07, 6.45) is 4.03. The maximum Gasteiger partial charge on any atom is 0.128 e. The van der Waals surface area contributed by atoms with E-state index >= 15 is 0 Å². The molecule has 0 aliphatic rings. The van der Waals surface area contributed by atoms with Crippen molar-refractivity contribution in [3.05, 3.63) is 23.3 Å². The first kappa shape index (κ1) is 12.1. The standard InChI is InChI=1S/C12H21N3/c1-5-7-12-14-8-11(10(4)15-12)9(3)13-6-2/h8-9,13H,5-7H2,1-4H3. The fourth-order valence-electron chi connectivity index (χ4n) is 1.71. The van der Waals surface area contributed by atoms with Crippen LogP contribution in [0.4, 0.5) is 0 Å². The monoisotopic (exact) mass is 207 g/mol. The minimum atomic E-state index is 0.339. The van der Waals surface area contributed by atoms with Gasteiger partial charge in [0.2, 0.25) is 0 Å². The molecule has 3 heteroatoms. The van der Waals surface area contributed by atoms with Gasteiger partial charge in [-0.25, -0.2) is 9.97 Å². The molecule has 15 heavy (non-hydrogen) atoms. The average Bonchev–Trinajstić information content (AvgIpc) is 2.18. The van der Waals surface area contributed by atoms with Crippen LogP contribution >= 0.6 is 0 Å². The molecule has 0 aliphatic heterocycles. The molecule has 1 unspecified atom stereocenters. The highest BCUT2D eigenvalue weighted by Gasteiger charge is 2.09. The minimum Gasteiger partial charge on any atom is -0.310 e. The third-order valence-corrected chi connectivity index (χ3v) is 2.52. The predicted octanol–water partition coefficient (Wildman–Crippen LogP) is 2.41. The maximum absolute atomic E-state index is 4.52. The SMILES string of the molecule is CCCc1ncc(C(C)NCC)c(C)n1. The molecule has 0 aromatic carbocycles. The summed E-state index contributed by atoms with van der Waals surface area (Å²) in [5, 5.41) is 3.37. The number of nitrogens with one attached hydrogen (secondary N) is 1. The van der Waals surface area contributed by atoms with Crippen molar-refractivity contribution in [2.75, 3.05) is 6.54 Å². The molecule has 1 aromatic rings. The topological polar surface area (TPSA) is 37.8 Å². The second-order valence-electron chi connectivity index (χ2n) is 3.86. The highest BCUT2D eigenvalue weighted by atomic mass is 14.9. The first-order valence-corrected chi connectivity index (χ1v) is 5.74. The lowest BCUT2D eigenvalue weighted by molar-refractivity contribution is 0.588. The Bertz CT molecular complexity index is 310. The van der Waals surface area contributed by atoms with E-state index in [0.29, 0.717) is 6.04 Å². The van der Waals surface area contributed by atoms with Gasteiger partial charge in [-0.05, 0) is 26.8 Å². The van der Waals surface area contributed by atoms with Gasteiger partial charge in [0.05, 0.1) is 0 Å². The Labute approximate surface area is 92.3 Å². The van der Waals surface area contributed by atoms with Crippen LogP contribution < -0.4 is 5.32 Å². The van der Waals surface area contributed by atoms with Gasteiger partial charge in [0.1, 0.15) is 5.82 Å². The summed E-state index contributed by atoms with van der Waals surface area (Å²) in [5.74, 6) is 0.961. The summed E-state index contributed by atoms with van der Waals surface area (Å²) >= 11 is 0. The van der Waals surface area contributed by atoms with Gasteiger partial charge in [-0.15, -0.1) is 0 Å². The van der Waals surface area contributed by atoms with Gasteiger partial charge in [0, 0.05) is 29.9 Å². The first-order chi connectivity index (χ1) is 7.19. The smallest absolute Gasteiger partial charge is 0.128 e. The van der Waals surface area contributed by atoms with Crippen LogP contribution in [0.2, 0.25) is 0 Å². The Morgan fingerprint density at radius 1 is 1.40 bits per heavy atom. The van der Waals surface area contributed by atoms with Crippen LogP contribution in [0.15, 0.2) is 6.20 Å². The summed E-state index contributed by atoms with van der Waals surface area (Å²) in [7, 11) is 0. The lowest BCUT2D eigenvalue weighted by atomic mass is 10.1. The van der Waals surface area contributed by atoms with Gasteiger partial charge >= 0.3 is 0 Å². The molecule has 0 amide bonds. The minimum absolute atomic E-state index is 0.339. The van der Waals surface area contributed by atoms with Crippen molar-refractivity contribution in [1.29, 1.82) is 0 Å². The fraction of sp³-hybridized carbons (Fsp3) is 0.667. The van der Waals surface area contributed by atoms with Crippen LogP contribution in [0.3, 0.4) is 0 Å². The van der Waals surface area contributed by atoms with Gasteiger partial charge in [0.15, 0.2) is 0 Å². The molecule has 0 saturated carbocycles. The van der Waals surface area contributed by atoms with E-state index < -0.39 is 0 Å². The van der Waals surface area contributed by atoms with E-state index in [1.54, 1.807) is 0 Å². The second-order valence-corrected chi connectivity index (χ2v) is 3.86. The number of hydrogen-bond donors (Lipinski definition) is 1. The molecule has 1 aromatic heterocycles. The third kappa shape index (κ3) is 3.27.